The number of allylic oxidation sites excluding steroid dienone is 4. The van der Waals surface area contributed by atoms with Gasteiger partial charge in [0.25, 0.3) is 0 Å². The van der Waals surface area contributed by atoms with E-state index >= 15 is 0 Å². The molecule has 3 aromatic heterocycles. The largest absolute Gasteiger partial charge is 0.456 e. The summed E-state index contributed by atoms with van der Waals surface area (Å²) in [5.41, 5.74) is 10.2. The average molecular weight is 643 g/mol. The van der Waals surface area contributed by atoms with Crippen molar-refractivity contribution in [1.29, 1.82) is 0 Å². The van der Waals surface area contributed by atoms with Crippen molar-refractivity contribution in [3.8, 4) is 39.6 Å². The monoisotopic (exact) mass is 642 g/mol. The van der Waals surface area contributed by atoms with E-state index in [-0.39, 0.29) is 0 Å². The second kappa shape index (κ2) is 11.5. The Morgan fingerprint density at radius 1 is 0.500 bits per heavy atom. The lowest BCUT2D eigenvalue weighted by atomic mass is 10.0. The van der Waals surface area contributed by atoms with Crippen LogP contribution in [0, 0.1) is 0 Å². The Labute approximate surface area is 288 Å². The molecule has 0 atom stereocenters. The standard InChI is InChI=1S/C45H30N4O/c1-4-13-29(14-5-1)32-23-25-35-34-19-10-11-21-38(34)49(39(35)27-32)33-24-26-36-41(28-33)50-40-22-12-20-37(42(36)40)45-47-43(30-15-6-2-7-16-30)46-44(48-45)31-17-8-3-9-18-31/h1-2,4-8,10-28H,3,9H2. The van der Waals surface area contributed by atoms with Crippen LogP contribution in [0.15, 0.2) is 162 Å². The fourth-order valence-electron chi connectivity index (χ4n) is 7.32. The Bertz CT molecular complexity index is 2810. The highest BCUT2D eigenvalue weighted by Crippen LogP contribution is 2.40. The maximum absolute atomic E-state index is 6.62. The van der Waals surface area contributed by atoms with Crippen LogP contribution < -0.4 is 0 Å². The van der Waals surface area contributed by atoms with Crippen molar-refractivity contribution in [2.24, 2.45) is 0 Å². The van der Waals surface area contributed by atoms with Gasteiger partial charge in [0.15, 0.2) is 17.5 Å². The molecular formula is C45H30N4O. The smallest absolute Gasteiger partial charge is 0.164 e. The highest BCUT2D eigenvalue weighted by atomic mass is 16.3. The molecule has 10 rings (SSSR count). The van der Waals surface area contributed by atoms with Crippen molar-refractivity contribution in [3.05, 3.63) is 164 Å². The summed E-state index contributed by atoms with van der Waals surface area (Å²) in [5, 5.41) is 4.45. The second-order valence-electron chi connectivity index (χ2n) is 12.7. The van der Waals surface area contributed by atoms with E-state index in [4.69, 9.17) is 19.4 Å². The molecule has 0 spiro atoms. The molecule has 236 valence electrons. The lowest BCUT2D eigenvalue weighted by Gasteiger charge is -2.11. The number of rotatable bonds is 5. The van der Waals surface area contributed by atoms with Gasteiger partial charge in [-0.25, -0.2) is 15.0 Å². The van der Waals surface area contributed by atoms with E-state index < -0.39 is 0 Å². The molecule has 0 fully saturated rings. The van der Waals surface area contributed by atoms with Crippen LogP contribution in [0.5, 0.6) is 0 Å². The maximum Gasteiger partial charge on any atom is 0.164 e. The van der Waals surface area contributed by atoms with E-state index in [1.807, 2.05) is 42.5 Å². The van der Waals surface area contributed by atoms with Gasteiger partial charge < -0.3 is 8.98 Å². The van der Waals surface area contributed by atoms with Crippen molar-refractivity contribution in [1.82, 2.24) is 19.5 Å². The molecular weight excluding hydrogens is 613 g/mol. The molecule has 0 saturated heterocycles. The lowest BCUT2D eigenvalue weighted by Crippen LogP contribution is -2.03. The number of hydrogen-bond donors (Lipinski definition) is 0. The molecule has 0 N–H and O–H groups in total. The molecule has 0 aliphatic heterocycles. The second-order valence-corrected chi connectivity index (χ2v) is 12.7. The Morgan fingerprint density at radius 3 is 2.08 bits per heavy atom. The SMILES string of the molecule is C1=CC(c2nc(-c3ccccc3)nc(-c3cccc4oc5cc(-n6c7ccccc7c7ccc(-c8ccccc8)cc76)ccc5c34)n2)=CCC1. The number of nitrogens with zero attached hydrogens (tertiary/aromatic N) is 4. The third-order valence-electron chi connectivity index (χ3n) is 9.68. The van der Waals surface area contributed by atoms with Crippen LogP contribution in [0.3, 0.4) is 0 Å². The summed E-state index contributed by atoms with van der Waals surface area (Å²) in [7, 11) is 0. The van der Waals surface area contributed by atoms with E-state index in [0.29, 0.717) is 17.5 Å². The van der Waals surface area contributed by atoms with Crippen molar-refractivity contribution in [3.63, 3.8) is 0 Å². The minimum atomic E-state index is 0.627. The average Bonchev–Trinajstić information content (AvgIpc) is 3.73. The number of aromatic nitrogens is 4. The maximum atomic E-state index is 6.62. The van der Waals surface area contributed by atoms with Gasteiger partial charge in [-0.15, -0.1) is 0 Å². The van der Waals surface area contributed by atoms with Gasteiger partial charge in [-0.1, -0.05) is 121 Å². The van der Waals surface area contributed by atoms with Crippen LogP contribution in [0.25, 0.3) is 88.9 Å². The summed E-state index contributed by atoms with van der Waals surface area (Å²) in [6.45, 7) is 0. The minimum Gasteiger partial charge on any atom is -0.456 e. The van der Waals surface area contributed by atoms with Crippen molar-refractivity contribution in [2.75, 3.05) is 0 Å². The summed E-state index contributed by atoms with van der Waals surface area (Å²) in [6.07, 6.45) is 8.50. The van der Waals surface area contributed by atoms with Gasteiger partial charge in [0.05, 0.1) is 11.0 Å². The van der Waals surface area contributed by atoms with Gasteiger partial charge in [-0.05, 0) is 54.3 Å². The molecule has 50 heavy (non-hydrogen) atoms. The lowest BCUT2D eigenvalue weighted by molar-refractivity contribution is 0.668. The molecule has 0 saturated carbocycles. The van der Waals surface area contributed by atoms with Gasteiger partial charge in [0.1, 0.15) is 11.2 Å². The first-order valence-corrected chi connectivity index (χ1v) is 17.0. The third-order valence-corrected chi connectivity index (χ3v) is 9.68. The molecule has 1 aliphatic carbocycles. The fourth-order valence-corrected chi connectivity index (χ4v) is 7.32. The zero-order valence-electron chi connectivity index (χ0n) is 27.1. The number of hydrogen-bond acceptors (Lipinski definition) is 4. The molecule has 0 amide bonds. The third kappa shape index (κ3) is 4.66. The van der Waals surface area contributed by atoms with Gasteiger partial charge in [0, 0.05) is 50.0 Å². The molecule has 0 unspecified atom stereocenters. The first kappa shape index (κ1) is 28.4. The van der Waals surface area contributed by atoms with Crippen LogP contribution in [-0.2, 0) is 0 Å². The van der Waals surface area contributed by atoms with E-state index in [0.717, 1.165) is 68.2 Å². The van der Waals surface area contributed by atoms with Gasteiger partial charge >= 0.3 is 0 Å². The summed E-state index contributed by atoms with van der Waals surface area (Å²) >= 11 is 0. The fraction of sp³-hybridized carbons (Fsp3) is 0.0444. The minimum absolute atomic E-state index is 0.627. The Kier molecular flexibility index (Phi) is 6.56. The summed E-state index contributed by atoms with van der Waals surface area (Å²) in [6, 6.07) is 48.7. The van der Waals surface area contributed by atoms with Crippen molar-refractivity contribution < 1.29 is 4.42 Å². The molecule has 6 aromatic carbocycles. The predicted octanol–water partition coefficient (Wildman–Crippen LogP) is 11.6. The van der Waals surface area contributed by atoms with Gasteiger partial charge in [0.2, 0.25) is 0 Å². The summed E-state index contributed by atoms with van der Waals surface area (Å²) in [4.78, 5) is 15.0. The number of para-hydroxylation sites is 1. The van der Waals surface area contributed by atoms with E-state index in [9.17, 15) is 0 Å². The molecule has 5 nitrogen and oxygen atoms in total. The van der Waals surface area contributed by atoms with Crippen molar-refractivity contribution >= 4 is 49.3 Å². The van der Waals surface area contributed by atoms with Crippen molar-refractivity contribution in [2.45, 2.75) is 12.8 Å². The van der Waals surface area contributed by atoms with Crippen LogP contribution in [0.2, 0.25) is 0 Å². The quantitative estimate of drug-likeness (QED) is 0.187. The molecule has 0 bridgehead atoms. The van der Waals surface area contributed by atoms with E-state index in [1.54, 1.807) is 0 Å². The Balaban J connectivity index is 1.17. The number of furan rings is 1. The summed E-state index contributed by atoms with van der Waals surface area (Å²) in [5.74, 6) is 1.96. The number of fused-ring (bicyclic) bond motifs is 6. The van der Waals surface area contributed by atoms with Crippen LogP contribution in [-0.4, -0.2) is 19.5 Å². The highest BCUT2D eigenvalue weighted by molar-refractivity contribution is 6.13. The predicted molar refractivity (Wildman–Crippen MR) is 204 cm³/mol. The first-order valence-electron chi connectivity index (χ1n) is 17.0. The molecule has 1 aliphatic rings. The van der Waals surface area contributed by atoms with Gasteiger partial charge in [-0.2, -0.15) is 0 Å². The Hall–Kier alpha value is -6.59. The molecule has 0 radical (unpaired) electrons. The highest BCUT2D eigenvalue weighted by Gasteiger charge is 2.20. The van der Waals surface area contributed by atoms with Crippen LogP contribution in [0.1, 0.15) is 18.7 Å². The zero-order chi connectivity index (χ0) is 33.0. The first-order chi connectivity index (χ1) is 24.8. The number of benzene rings is 6. The summed E-state index contributed by atoms with van der Waals surface area (Å²) < 4.78 is 8.97. The topological polar surface area (TPSA) is 56.7 Å². The van der Waals surface area contributed by atoms with E-state index in [1.165, 1.54) is 21.9 Å². The van der Waals surface area contributed by atoms with Crippen LogP contribution in [0.4, 0.5) is 0 Å². The molecule has 5 heteroatoms. The van der Waals surface area contributed by atoms with E-state index in [2.05, 4.69) is 120 Å². The Morgan fingerprint density at radius 2 is 1.24 bits per heavy atom. The normalized spacial score (nSPS) is 13.1. The molecule has 9 aromatic rings. The molecule has 3 heterocycles. The van der Waals surface area contributed by atoms with Crippen LogP contribution >= 0.6 is 0 Å². The zero-order valence-corrected chi connectivity index (χ0v) is 27.1. The van der Waals surface area contributed by atoms with Gasteiger partial charge in [-0.3, -0.25) is 0 Å².